The first-order valence-corrected chi connectivity index (χ1v) is 38.9. The minimum absolute atomic E-state index is 0. The van der Waals surface area contributed by atoms with Crippen LogP contribution in [-0.4, -0.2) is 216 Å². The second-order valence-corrected chi connectivity index (χ2v) is 31.9. The highest BCUT2D eigenvalue weighted by molar-refractivity contribution is 6.59. The molecule has 0 unspecified atom stereocenters. The van der Waals surface area contributed by atoms with Crippen molar-refractivity contribution in [3.63, 3.8) is 0 Å². The number of H-pyrrole nitrogens is 1. The number of nitrogens with one attached hydrogen (secondary N) is 1. The second-order valence-electron chi connectivity index (χ2n) is 31.9. The summed E-state index contributed by atoms with van der Waals surface area (Å²) in [5.41, 5.74) is 15.6. The van der Waals surface area contributed by atoms with Crippen molar-refractivity contribution in [2.75, 3.05) is 96.3 Å². The fourth-order valence-electron chi connectivity index (χ4n) is 14.3. The summed E-state index contributed by atoms with van der Waals surface area (Å²) >= 11 is 0. The minimum atomic E-state index is -4.30. The summed E-state index contributed by atoms with van der Waals surface area (Å²) in [6, 6.07) is 35.9. The van der Waals surface area contributed by atoms with Crippen molar-refractivity contribution in [2.24, 2.45) is 4.99 Å². The number of carbonyl (C=O) groups excluding carboxylic acids is 3. The van der Waals surface area contributed by atoms with Gasteiger partial charge in [0.1, 0.15) is 0 Å². The average Bonchev–Trinajstić information content (AvgIpc) is 1.56. The van der Waals surface area contributed by atoms with Crippen molar-refractivity contribution in [1.82, 2.24) is 19.0 Å². The lowest BCUT2D eigenvalue weighted by Gasteiger charge is -2.32. The van der Waals surface area contributed by atoms with E-state index in [1.807, 2.05) is 137 Å². The highest BCUT2D eigenvalue weighted by Crippen LogP contribution is 2.42. The highest BCUT2D eigenvalue weighted by atomic mass is 19.4. The van der Waals surface area contributed by atoms with E-state index in [2.05, 4.69) is 92.7 Å². The Kier molecular flexibility index (Phi) is 35.8. The Hall–Kier alpha value is -10.5. The SMILES string of the molecule is C.C.CC#N.CCOCC.Cc1cc(CCC(=O)O)[nH]c1C=C1N=C(c2ccccc2)C=C1CCC[N+](C)(C)C.Cc1cc(CCC(=O)O)n2c1C=C1C(CCC[N+](C)(C)C)=CC(c3ccccc3)=[N+]1[B-]2(F)F.Cc1cc(CCC(=O)ON2C(=O)CCC2=O)n2c1C=C1C(CCC[N+](C)(C)C)=CC(c3ccccc3)=[N+]1[B-]2(F)F.FB(F)F. The Morgan fingerprint density at radius 3 is 1.32 bits per heavy atom. The second kappa shape index (κ2) is 43.1. The summed E-state index contributed by atoms with van der Waals surface area (Å²) in [5, 5.41) is 25.8. The first kappa shape index (κ1) is 97.1. The van der Waals surface area contributed by atoms with Gasteiger partial charge in [0.05, 0.1) is 120 Å². The summed E-state index contributed by atoms with van der Waals surface area (Å²) in [4.78, 5) is 71.2. The molecule has 30 heteroatoms. The van der Waals surface area contributed by atoms with Crippen LogP contribution in [0, 0.1) is 32.1 Å². The van der Waals surface area contributed by atoms with Gasteiger partial charge in [-0.25, -0.2) is 9.79 Å². The van der Waals surface area contributed by atoms with Crippen molar-refractivity contribution >= 4 is 86.6 Å². The van der Waals surface area contributed by atoms with Gasteiger partial charge in [-0.15, -0.1) is 5.06 Å². The summed E-state index contributed by atoms with van der Waals surface area (Å²) in [6.45, 7) is 7.21. The van der Waals surface area contributed by atoms with Crippen LogP contribution in [0.4, 0.5) is 30.2 Å². The molecule has 6 aliphatic rings. The van der Waals surface area contributed by atoms with E-state index in [9.17, 15) is 36.9 Å². The Morgan fingerprint density at radius 1 is 0.573 bits per heavy atom. The number of carbonyl (C=O) groups is 5. The topological polar surface area (TPSA) is 215 Å². The number of imide groups is 1. The zero-order chi connectivity index (χ0) is 84.9. The molecule has 3 aromatic carbocycles. The van der Waals surface area contributed by atoms with Gasteiger partial charge in [-0.2, -0.15) is 5.26 Å². The van der Waals surface area contributed by atoms with Crippen LogP contribution in [0.1, 0.15) is 174 Å². The lowest BCUT2D eigenvalue weighted by atomic mass is 9.88. The lowest BCUT2D eigenvalue weighted by Crippen LogP contribution is -2.51. The molecule has 0 aliphatic carbocycles. The number of aliphatic imine (C=N–C) groups is 1. The van der Waals surface area contributed by atoms with Gasteiger partial charge in [0, 0.05) is 127 Å². The number of hydrogen-bond acceptors (Lipinski definition) is 9. The predicted molar refractivity (Wildman–Crippen MR) is 453 cm³/mol. The van der Waals surface area contributed by atoms with E-state index in [-0.39, 0.29) is 65.5 Å². The first-order chi connectivity index (χ1) is 54.1. The van der Waals surface area contributed by atoms with Crippen LogP contribution in [0.25, 0.3) is 18.2 Å². The number of nitrogens with zero attached hydrogens (tertiary/aromatic N) is 10. The molecule has 1 fully saturated rings. The number of carboxylic acid groups (broad SMARTS) is 2. The van der Waals surface area contributed by atoms with Gasteiger partial charge in [0.25, 0.3) is 11.8 Å². The summed E-state index contributed by atoms with van der Waals surface area (Å²) in [7, 11) is 15.7. The molecular formula is C87H118B3F7N11O9+3. The van der Waals surface area contributed by atoms with E-state index >= 15 is 17.3 Å². The molecule has 20 nitrogen and oxygen atoms in total. The Labute approximate surface area is 686 Å². The van der Waals surface area contributed by atoms with Crippen molar-refractivity contribution in [1.29, 1.82) is 5.26 Å². The number of rotatable bonds is 28. The number of aryl methyl sites for hydroxylation is 6. The molecule has 6 aliphatic heterocycles. The first-order valence-electron chi connectivity index (χ1n) is 38.9. The van der Waals surface area contributed by atoms with Gasteiger partial charge in [0.15, 0.2) is 22.8 Å². The molecule has 0 bridgehead atoms. The van der Waals surface area contributed by atoms with Crippen LogP contribution >= 0.6 is 0 Å². The monoisotopic (exact) mass is 1630 g/mol. The number of hydroxylamine groups is 2. The number of hydrogen-bond donors (Lipinski definition) is 3. The number of aromatic nitrogens is 3. The van der Waals surface area contributed by atoms with Gasteiger partial charge >= 0.3 is 39.4 Å². The van der Waals surface area contributed by atoms with Crippen molar-refractivity contribution < 1.29 is 96.4 Å². The molecule has 0 radical (unpaired) electrons. The van der Waals surface area contributed by atoms with E-state index in [0.29, 0.717) is 75.4 Å². The van der Waals surface area contributed by atoms with Crippen LogP contribution in [0.5, 0.6) is 0 Å². The summed E-state index contributed by atoms with van der Waals surface area (Å²) in [6.07, 6.45) is 17.2. The number of amides is 2. The van der Waals surface area contributed by atoms with Crippen molar-refractivity contribution in [2.45, 2.75) is 146 Å². The number of fused-ring (bicyclic) bond motifs is 4. The average molecular weight is 1630 g/mol. The van der Waals surface area contributed by atoms with E-state index < -0.39 is 51.2 Å². The van der Waals surface area contributed by atoms with Crippen LogP contribution in [0.2, 0.25) is 0 Å². The van der Waals surface area contributed by atoms with Gasteiger partial charge in [-0.3, -0.25) is 32.1 Å². The molecule has 9 heterocycles. The number of carboxylic acids is 2. The molecule has 2 amide bonds. The third kappa shape index (κ3) is 27.0. The number of quaternary nitrogens is 3. The third-order valence-corrected chi connectivity index (χ3v) is 19.5. The molecule has 6 aromatic rings. The molecule has 12 rings (SSSR count). The predicted octanol–water partition coefficient (Wildman–Crippen LogP) is 16.5. The fraction of sp³-hybridized carbons (Fsp3) is 0.414. The highest BCUT2D eigenvalue weighted by Gasteiger charge is 2.56. The van der Waals surface area contributed by atoms with Crippen molar-refractivity contribution in [3.05, 3.63) is 229 Å². The minimum Gasteiger partial charge on any atom is -0.481 e. The molecular weight excluding hydrogens is 1510 g/mol. The number of aromatic amines is 1. The largest absolute Gasteiger partial charge is 0.762 e. The molecule has 0 saturated carbocycles. The Balaban J connectivity index is 0.000000292. The number of halogens is 7. The summed E-state index contributed by atoms with van der Waals surface area (Å²) in [5.74, 6) is -3.75. The lowest BCUT2D eigenvalue weighted by molar-refractivity contribution is -0.870. The van der Waals surface area contributed by atoms with Crippen LogP contribution in [0.3, 0.4) is 0 Å². The van der Waals surface area contributed by atoms with Crippen LogP contribution in [0.15, 0.2) is 166 Å². The van der Waals surface area contributed by atoms with Gasteiger partial charge in [0.2, 0.25) is 0 Å². The maximum Gasteiger partial charge on any atom is 0.762 e. The standard InChI is InChI=1S/C29H34BF2N4O4.C25H30BF2N3O2.C25H31N3O2.C4H10O.C2H3N.2CH4.BF3/c1-20-17-23(12-15-29(39)40-35-27(37)13-14-28(35)38)33-24(20)19-26-22(11-8-16-36(2,3)4)18-25(34(26)30(33,31)32)21-9-6-5-7-10-21;1-18-15-21(12-13-25(32)33)29-22(18)17-24-20(11-8-14-31(2,3)4)16-23(30(24)26(29,27)28)19-9-6-5-7-10-19;1-18-15-21(12-13-25(29)30)26-22(18)17-24-20(11-8-14-28(2,3)4)16-23(27-24)19-9-6-5-7-10-19;1-3-5-4-2;1-2-3;;;2-1(3)4/h5-7,9-10,17-19H,8,11-16H2,1-4H3;5-7,9-10,15-17H,8,11-14H2,1-4H3;5-7,9-10,15-17H,8,11-14H2,1-4H3,(H-,26,27,29,30);3-4H2,1-2H3;1H3;2*1H4;/q+1;;;;;;;/p+2. The molecule has 117 heavy (non-hydrogen) atoms. The molecule has 630 valence electrons. The number of aliphatic carboxylic acids is 2. The van der Waals surface area contributed by atoms with Gasteiger partial charge < -0.3 is 73.4 Å². The zero-order valence-corrected chi connectivity index (χ0v) is 68.9. The number of nitriles is 1. The molecule has 3 aromatic heterocycles. The smallest absolute Gasteiger partial charge is 0.481 e. The number of benzene rings is 3. The van der Waals surface area contributed by atoms with E-state index in [4.69, 9.17) is 30.0 Å². The fourth-order valence-corrected chi connectivity index (χ4v) is 14.3. The molecule has 0 atom stereocenters. The Bertz CT molecular complexity index is 4800. The van der Waals surface area contributed by atoms with Gasteiger partial charge in [-0.1, -0.05) is 81.6 Å². The zero-order valence-electron chi connectivity index (χ0n) is 68.9. The number of allylic oxidation sites excluding steroid dienone is 6. The third-order valence-electron chi connectivity index (χ3n) is 19.5. The molecule has 3 N–H and O–H groups in total. The quantitative estimate of drug-likeness (QED) is 0.0183. The van der Waals surface area contributed by atoms with Crippen LogP contribution < -0.4 is 0 Å². The van der Waals surface area contributed by atoms with E-state index in [0.717, 1.165) is 142 Å². The maximum absolute atomic E-state index is 16.6. The Morgan fingerprint density at radius 2 is 0.949 bits per heavy atom. The van der Waals surface area contributed by atoms with E-state index in [1.54, 1.807) is 25.1 Å². The summed E-state index contributed by atoms with van der Waals surface area (Å²) < 4.78 is 107. The van der Waals surface area contributed by atoms with E-state index in [1.165, 1.54) is 17.0 Å². The maximum atomic E-state index is 16.6. The van der Waals surface area contributed by atoms with Gasteiger partial charge in [-0.05, 0) is 161 Å². The van der Waals surface area contributed by atoms with Crippen molar-refractivity contribution in [3.8, 4) is 6.07 Å². The normalized spacial score (nSPS) is 15.6. The molecule has 1 saturated heterocycles. The number of ether oxygens (including phenoxy) is 1. The van der Waals surface area contributed by atoms with Crippen LogP contribution in [-0.2, 0) is 52.8 Å². The molecule has 0 spiro atoms.